The SMILES string of the molecule is Cc1nc(NCc2cccs2)nc(N[C@@H]2CC[C@@H](C)C2)c1-c1nc2ccccc2s1. The average molecular weight is 436 g/mol. The van der Waals surface area contributed by atoms with E-state index < -0.39 is 0 Å². The second-order valence-electron chi connectivity index (χ2n) is 8.04. The predicted octanol–water partition coefficient (Wildman–Crippen LogP) is 6.34. The molecule has 0 spiro atoms. The molecule has 0 aliphatic heterocycles. The van der Waals surface area contributed by atoms with Crippen LogP contribution in [-0.2, 0) is 6.54 Å². The molecular formula is C23H25N5S2. The molecule has 1 aromatic carbocycles. The first-order valence-corrected chi connectivity index (χ1v) is 12.1. The Balaban J connectivity index is 1.51. The monoisotopic (exact) mass is 435 g/mol. The Hall–Kier alpha value is -2.51. The molecule has 3 heterocycles. The largest absolute Gasteiger partial charge is 0.367 e. The van der Waals surface area contributed by atoms with Crippen LogP contribution in [0.3, 0.4) is 0 Å². The van der Waals surface area contributed by atoms with Crippen molar-refractivity contribution in [1.82, 2.24) is 15.0 Å². The van der Waals surface area contributed by atoms with E-state index in [0.29, 0.717) is 12.0 Å². The number of hydrogen-bond acceptors (Lipinski definition) is 7. The summed E-state index contributed by atoms with van der Waals surface area (Å²) in [5.41, 5.74) is 3.00. The number of nitrogens with one attached hydrogen (secondary N) is 2. The molecule has 7 heteroatoms. The van der Waals surface area contributed by atoms with Crippen LogP contribution in [0.5, 0.6) is 0 Å². The minimum atomic E-state index is 0.451. The zero-order valence-electron chi connectivity index (χ0n) is 17.2. The van der Waals surface area contributed by atoms with Crippen molar-refractivity contribution >= 4 is 44.7 Å². The van der Waals surface area contributed by atoms with Crippen LogP contribution in [0.15, 0.2) is 41.8 Å². The molecule has 2 N–H and O–H groups in total. The summed E-state index contributed by atoms with van der Waals surface area (Å²) in [7, 11) is 0. The van der Waals surface area contributed by atoms with Crippen molar-refractivity contribution in [2.45, 2.75) is 45.7 Å². The van der Waals surface area contributed by atoms with E-state index in [9.17, 15) is 0 Å². The Morgan fingerprint density at radius 1 is 1.07 bits per heavy atom. The van der Waals surface area contributed by atoms with Gasteiger partial charge in [-0.15, -0.1) is 22.7 Å². The molecule has 0 radical (unpaired) electrons. The summed E-state index contributed by atoms with van der Waals surface area (Å²) >= 11 is 3.44. The number of benzene rings is 1. The van der Waals surface area contributed by atoms with Gasteiger partial charge in [0, 0.05) is 10.9 Å². The fourth-order valence-electron chi connectivity index (χ4n) is 4.10. The number of nitrogens with zero attached hydrogens (tertiary/aromatic N) is 3. The minimum absolute atomic E-state index is 0.451. The van der Waals surface area contributed by atoms with E-state index >= 15 is 0 Å². The van der Waals surface area contributed by atoms with Crippen LogP contribution >= 0.6 is 22.7 Å². The van der Waals surface area contributed by atoms with Gasteiger partial charge in [-0.2, -0.15) is 4.98 Å². The Morgan fingerprint density at radius 2 is 1.97 bits per heavy atom. The third-order valence-electron chi connectivity index (χ3n) is 5.63. The smallest absolute Gasteiger partial charge is 0.225 e. The number of rotatable bonds is 6. The van der Waals surface area contributed by atoms with Crippen molar-refractivity contribution in [1.29, 1.82) is 0 Å². The highest BCUT2D eigenvalue weighted by Gasteiger charge is 2.25. The number of thiophene rings is 1. The predicted molar refractivity (Wildman–Crippen MR) is 127 cm³/mol. The van der Waals surface area contributed by atoms with Crippen LogP contribution < -0.4 is 10.6 Å². The summed E-state index contributed by atoms with van der Waals surface area (Å²) in [6, 6.07) is 12.9. The lowest BCUT2D eigenvalue weighted by atomic mass is 10.1. The number of fused-ring (bicyclic) bond motifs is 1. The molecule has 1 aliphatic carbocycles. The molecule has 5 rings (SSSR count). The third kappa shape index (κ3) is 4.04. The second-order valence-corrected chi connectivity index (χ2v) is 10.1. The number of aryl methyl sites for hydroxylation is 1. The first-order chi connectivity index (χ1) is 14.7. The highest BCUT2D eigenvalue weighted by Crippen LogP contribution is 2.37. The second kappa shape index (κ2) is 8.32. The summed E-state index contributed by atoms with van der Waals surface area (Å²) < 4.78 is 1.19. The van der Waals surface area contributed by atoms with Gasteiger partial charge in [-0.3, -0.25) is 0 Å². The molecule has 1 saturated carbocycles. The molecule has 0 bridgehead atoms. The van der Waals surface area contributed by atoms with Crippen molar-refractivity contribution in [2.75, 3.05) is 10.6 Å². The van der Waals surface area contributed by atoms with Crippen LogP contribution in [0.2, 0.25) is 0 Å². The summed E-state index contributed by atoms with van der Waals surface area (Å²) in [6.07, 6.45) is 3.63. The van der Waals surface area contributed by atoms with Gasteiger partial charge in [0.05, 0.1) is 28.0 Å². The average Bonchev–Trinajstić information content (AvgIpc) is 3.47. The Kier molecular flexibility index (Phi) is 5.39. The number of hydrogen-bond donors (Lipinski definition) is 2. The molecule has 4 aromatic rings. The van der Waals surface area contributed by atoms with Gasteiger partial charge < -0.3 is 10.6 Å². The lowest BCUT2D eigenvalue weighted by Crippen LogP contribution is -2.18. The van der Waals surface area contributed by atoms with Crippen molar-refractivity contribution in [3.8, 4) is 10.6 Å². The first kappa shape index (κ1) is 19.5. The lowest BCUT2D eigenvalue weighted by Gasteiger charge is -2.18. The number of aromatic nitrogens is 3. The Bertz CT molecular complexity index is 1120. The molecule has 154 valence electrons. The lowest BCUT2D eigenvalue weighted by molar-refractivity contribution is 0.602. The van der Waals surface area contributed by atoms with Crippen LogP contribution in [0, 0.1) is 12.8 Å². The Labute approximate surface area is 184 Å². The van der Waals surface area contributed by atoms with E-state index in [1.54, 1.807) is 22.7 Å². The van der Waals surface area contributed by atoms with Crippen LogP contribution in [0.1, 0.15) is 36.8 Å². The van der Waals surface area contributed by atoms with Crippen LogP contribution in [0.25, 0.3) is 20.8 Å². The van der Waals surface area contributed by atoms with Gasteiger partial charge in [0.15, 0.2) is 0 Å². The van der Waals surface area contributed by atoms with Crippen molar-refractivity contribution in [2.24, 2.45) is 5.92 Å². The van der Waals surface area contributed by atoms with E-state index in [-0.39, 0.29) is 0 Å². The van der Waals surface area contributed by atoms with Gasteiger partial charge in [0.25, 0.3) is 0 Å². The maximum Gasteiger partial charge on any atom is 0.225 e. The maximum atomic E-state index is 4.91. The highest BCUT2D eigenvalue weighted by molar-refractivity contribution is 7.21. The van der Waals surface area contributed by atoms with Crippen LogP contribution in [-0.4, -0.2) is 21.0 Å². The van der Waals surface area contributed by atoms with E-state index in [1.165, 1.54) is 28.8 Å². The number of thiazole rings is 1. The first-order valence-electron chi connectivity index (χ1n) is 10.4. The molecule has 2 atom stereocenters. The van der Waals surface area contributed by atoms with Crippen molar-refractivity contribution in [3.05, 3.63) is 52.3 Å². The summed E-state index contributed by atoms with van der Waals surface area (Å²) in [6.45, 7) is 5.12. The quantitative estimate of drug-likeness (QED) is 0.370. The van der Waals surface area contributed by atoms with E-state index in [0.717, 1.165) is 40.1 Å². The zero-order chi connectivity index (χ0) is 20.5. The number of anilines is 2. The zero-order valence-corrected chi connectivity index (χ0v) is 18.8. The van der Waals surface area contributed by atoms with Gasteiger partial charge in [0.1, 0.15) is 10.8 Å². The summed E-state index contributed by atoms with van der Waals surface area (Å²) in [5, 5.41) is 10.2. The summed E-state index contributed by atoms with van der Waals surface area (Å²) in [4.78, 5) is 15.8. The van der Waals surface area contributed by atoms with E-state index in [1.807, 2.05) is 6.07 Å². The maximum absolute atomic E-state index is 4.91. The van der Waals surface area contributed by atoms with Gasteiger partial charge in [-0.1, -0.05) is 25.1 Å². The fraction of sp³-hybridized carbons (Fsp3) is 0.348. The highest BCUT2D eigenvalue weighted by atomic mass is 32.1. The van der Waals surface area contributed by atoms with Gasteiger partial charge in [0.2, 0.25) is 5.95 Å². The molecule has 0 unspecified atom stereocenters. The molecule has 0 saturated heterocycles. The number of para-hydroxylation sites is 1. The summed E-state index contributed by atoms with van der Waals surface area (Å²) in [5.74, 6) is 2.32. The topological polar surface area (TPSA) is 62.7 Å². The minimum Gasteiger partial charge on any atom is -0.367 e. The van der Waals surface area contributed by atoms with Crippen molar-refractivity contribution < 1.29 is 0 Å². The molecule has 5 nitrogen and oxygen atoms in total. The Morgan fingerprint density at radius 3 is 2.73 bits per heavy atom. The molecule has 0 amide bonds. The normalized spacial score (nSPS) is 18.7. The molecule has 3 aromatic heterocycles. The van der Waals surface area contributed by atoms with Crippen LogP contribution in [0.4, 0.5) is 11.8 Å². The molecular weight excluding hydrogens is 410 g/mol. The van der Waals surface area contributed by atoms with Crippen molar-refractivity contribution in [3.63, 3.8) is 0 Å². The fourth-order valence-corrected chi connectivity index (χ4v) is 5.81. The van der Waals surface area contributed by atoms with E-state index in [4.69, 9.17) is 15.0 Å². The van der Waals surface area contributed by atoms with Gasteiger partial charge in [-0.05, 0) is 55.7 Å². The molecule has 30 heavy (non-hydrogen) atoms. The van der Waals surface area contributed by atoms with E-state index in [2.05, 4.69) is 60.2 Å². The van der Waals surface area contributed by atoms with Gasteiger partial charge >= 0.3 is 0 Å². The molecule has 1 aliphatic rings. The third-order valence-corrected chi connectivity index (χ3v) is 7.56. The molecule has 1 fully saturated rings. The standard InChI is InChI=1S/C23H25N5S2/c1-14-9-10-16(12-14)26-21-20(22-27-18-7-3-4-8-19(18)30-22)15(2)25-23(28-21)24-13-17-6-5-11-29-17/h3-8,11,14,16H,9-10,12-13H2,1-2H3,(H2,24,25,26,28)/t14-,16-/m1/s1. The van der Waals surface area contributed by atoms with Gasteiger partial charge in [-0.25, -0.2) is 9.97 Å².